The van der Waals surface area contributed by atoms with Gasteiger partial charge in [0.05, 0.1) is 6.54 Å². The molecule has 0 bridgehead atoms. The summed E-state index contributed by atoms with van der Waals surface area (Å²) in [6, 6.07) is 0. The van der Waals surface area contributed by atoms with E-state index in [2.05, 4.69) is 5.48 Å². The van der Waals surface area contributed by atoms with E-state index in [0.717, 1.165) is 6.42 Å². The summed E-state index contributed by atoms with van der Waals surface area (Å²) in [4.78, 5) is 28.5. The topological polar surface area (TPSA) is 77.1 Å². The second-order valence-corrected chi connectivity index (χ2v) is 5.32. The number of hydrogen-bond acceptors (Lipinski definition) is 5. The van der Waals surface area contributed by atoms with Crippen LogP contribution in [0.4, 0.5) is 4.79 Å². The van der Waals surface area contributed by atoms with E-state index in [1.54, 1.807) is 4.90 Å². The number of ether oxygens (including phenoxy) is 2. The van der Waals surface area contributed by atoms with Gasteiger partial charge in [0.2, 0.25) is 6.41 Å². The van der Waals surface area contributed by atoms with Gasteiger partial charge < -0.3 is 14.4 Å². The average Bonchev–Trinajstić information content (AvgIpc) is 2.53. The number of amides is 2. The van der Waals surface area contributed by atoms with Gasteiger partial charge in [0.25, 0.3) is 0 Å². The lowest BCUT2D eigenvalue weighted by Gasteiger charge is -2.27. The molecule has 1 N–H and O–H groups in total. The summed E-state index contributed by atoms with van der Waals surface area (Å²) in [5.41, 5.74) is 1.58. The second kappa shape index (κ2) is 7.30. The van der Waals surface area contributed by atoms with Crippen LogP contribution < -0.4 is 5.48 Å². The van der Waals surface area contributed by atoms with Gasteiger partial charge in [-0.15, -0.1) is 0 Å². The fraction of sp³-hybridized carbons (Fsp3) is 0.833. The van der Waals surface area contributed by atoms with Gasteiger partial charge in [-0.1, -0.05) is 0 Å². The van der Waals surface area contributed by atoms with E-state index in [4.69, 9.17) is 14.3 Å². The molecule has 0 aromatic carbocycles. The highest BCUT2D eigenvalue weighted by molar-refractivity contribution is 5.68. The van der Waals surface area contributed by atoms with Crippen molar-refractivity contribution in [2.75, 3.05) is 26.3 Å². The highest BCUT2D eigenvalue weighted by Crippen LogP contribution is 2.13. The normalized spacial score (nSPS) is 20.6. The Labute approximate surface area is 113 Å². The van der Waals surface area contributed by atoms with Crippen molar-refractivity contribution >= 4 is 12.5 Å². The summed E-state index contributed by atoms with van der Waals surface area (Å²) in [5, 5.41) is 0. The molecule has 1 heterocycles. The highest BCUT2D eigenvalue weighted by Gasteiger charge is 2.26. The highest BCUT2D eigenvalue weighted by atomic mass is 16.7. The predicted molar refractivity (Wildman–Crippen MR) is 67.3 cm³/mol. The van der Waals surface area contributed by atoms with Crippen LogP contribution in [0.15, 0.2) is 0 Å². The minimum absolute atomic E-state index is 0.192. The molecule has 0 aromatic heterocycles. The zero-order valence-corrected chi connectivity index (χ0v) is 11.7. The van der Waals surface area contributed by atoms with E-state index in [0.29, 0.717) is 26.1 Å². The number of carbonyl (C=O) groups is 2. The Morgan fingerprint density at radius 3 is 2.89 bits per heavy atom. The fourth-order valence-corrected chi connectivity index (χ4v) is 1.66. The van der Waals surface area contributed by atoms with Crippen molar-refractivity contribution in [3.63, 3.8) is 0 Å². The molecule has 0 aliphatic carbocycles. The van der Waals surface area contributed by atoms with Gasteiger partial charge in [-0.3, -0.25) is 9.63 Å². The summed E-state index contributed by atoms with van der Waals surface area (Å²) >= 11 is 0. The van der Waals surface area contributed by atoms with Gasteiger partial charge in [-0.25, -0.2) is 10.3 Å². The third-order valence-electron chi connectivity index (χ3n) is 2.40. The van der Waals surface area contributed by atoms with Crippen molar-refractivity contribution in [1.29, 1.82) is 0 Å². The van der Waals surface area contributed by atoms with E-state index >= 15 is 0 Å². The van der Waals surface area contributed by atoms with Crippen molar-refractivity contribution < 1.29 is 23.9 Å². The van der Waals surface area contributed by atoms with Crippen LogP contribution in [-0.2, 0) is 19.1 Å². The summed E-state index contributed by atoms with van der Waals surface area (Å²) < 4.78 is 10.9. The molecule has 1 unspecified atom stereocenters. The molecule has 19 heavy (non-hydrogen) atoms. The van der Waals surface area contributed by atoms with Crippen molar-refractivity contribution in [2.45, 2.75) is 38.9 Å². The Hall–Kier alpha value is -1.34. The molecule has 1 atom stereocenters. The minimum Gasteiger partial charge on any atom is -0.444 e. The zero-order chi connectivity index (χ0) is 14.3. The van der Waals surface area contributed by atoms with E-state index in [9.17, 15) is 9.59 Å². The molecule has 7 heteroatoms. The summed E-state index contributed by atoms with van der Waals surface area (Å²) in [6.07, 6.45) is 0.563. The van der Waals surface area contributed by atoms with E-state index in [-0.39, 0.29) is 18.8 Å². The van der Waals surface area contributed by atoms with Gasteiger partial charge in [-0.05, 0) is 27.2 Å². The molecule has 1 saturated heterocycles. The monoisotopic (exact) mass is 274 g/mol. The van der Waals surface area contributed by atoms with Crippen molar-refractivity contribution in [1.82, 2.24) is 10.4 Å². The summed E-state index contributed by atoms with van der Waals surface area (Å²) in [6.45, 7) is 7.20. The smallest absolute Gasteiger partial charge is 0.410 e. The van der Waals surface area contributed by atoms with Gasteiger partial charge in [0.1, 0.15) is 18.3 Å². The summed E-state index contributed by atoms with van der Waals surface area (Å²) in [7, 11) is 0. The second-order valence-electron chi connectivity index (χ2n) is 5.32. The Morgan fingerprint density at radius 1 is 1.53 bits per heavy atom. The quantitative estimate of drug-likeness (QED) is 0.463. The van der Waals surface area contributed by atoms with Crippen LogP contribution in [0.25, 0.3) is 0 Å². The lowest BCUT2D eigenvalue weighted by Crippen LogP contribution is -2.42. The molecular weight excluding hydrogens is 252 g/mol. The van der Waals surface area contributed by atoms with Crippen LogP contribution in [0.2, 0.25) is 0 Å². The first-order chi connectivity index (χ1) is 8.92. The van der Waals surface area contributed by atoms with E-state index < -0.39 is 5.60 Å². The van der Waals surface area contributed by atoms with Crippen molar-refractivity contribution in [2.24, 2.45) is 0 Å². The molecule has 0 spiro atoms. The van der Waals surface area contributed by atoms with E-state index in [1.165, 1.54) is 0 Å². The standard InChI is InChI=1S/C12H22N2O5/c1-12(2,3)19-11(16)14-5-4-6-17-10(7-14)8-18-13-9-15/h9-10H,4-8H2,1-3H3,(H,13,15). The number of hydrogen-bond donors (Lipinski definition) is 1. The zero-order valence-electron chi connectivity index (χ0n) is 11.7. The third-order valence-corrected chi connectivity index (χ3v) is 2.40. The van der Waals surface area contributed by atoms with Crippen LogP contribution in [-0.4, -0.2) is 55.4 Å². The van der Waals surface area contributed by atoms with Crippen LogP contribution >= 0.6 is 0 Å². The first-order valence-electron chi connectivity index (χ1n) is 6.33. The average molecular weight is 274 g/mol. The first-order valence-corrected chi connectivity index (χ1v) is 6.33. The lowest BCUT2D eigenvalue weighted by atomic mass is 10.2. The number of carbonyl (C=O) groups excluding carboxylic acids is 2. The van der Waals surface area contributed by atoms with Crippen molar-refractivity contribution in [3.05, 3.63) is 0 Å². The molecule has 0 saturated carbocycles. The fourth-order valence-electron chi connectivity index (χ4n) is 1.66. The summed E-state index contributed by atoms with van der Waals surface area (Å²) in [5.74, 6) is 0. The molecule has 0 aromatic rings. The van der Waals surface area contributed by atoms with Gasteiger partial charge in [0, 0.05) is 13.2 Å². The molecule has 1 rings (SSSR count). The molecule has 1 fully saturated rings. The van der Waals surface area contributed by atoms with Crippen LogP contribution in [0.5, 0.6) is 0 Å². The Balaban J connectivity index is 2.48. The Kier molecular flexibility index (Phi) is 6.04. The SMILES string of the molecule is CC(C)(C)OC(=O)N1CCCOC(CONC=O)C1. The number of hydroxylamine groups is 1. The first kappa shape index (κ1) is 15.7. The number of nitrogens with zero attached hydrogens (tertiary/aromatic N) is 1. The van der Waals surface area contributed by atoms with Gasteiger partial charge in [0.15, 0.2) is 0 Å². The third kappa shape index (κ3) is 6.40. The van der Waals surface area contributed by atoms with Crippen LogP contribution in [0.3, 0.4) is 0 Å². The van der Waals surface area contributed by atoms with Crippen LogP contribution in [0.1, 0.15) is 27.2 Å². The minimum atomic E-state index is -0.519. The van der Waals surface area contributed by atoms with Gasteiger partial charge in [-0.2, -0.15) is 0 Å². The molecule has 110 valence electrons. The molecule has 1 aliphatic rings. The maximum Gasteiger partial charge on any atom is 0.410 e. The predicted octanol–water partition coefficient (Wildman–Crippen LogP) is 0.690. The Bertz CT molecular complexity index is 303. The van der Waals surface area contributed by atoms with Gasteiger partial charge >= 0.3 is 6.09 Å². The van der Waals surface area contributed by atoms with E-state index in [1.807, 2.05) is 20.8 Å². The molecule has 0 radical (unpaired) electrons. The number of rotatable bonds is 4. The Morgan fingerprint density at radius 2 is 2.26 bits per heavy atom. The largest absolute Gasteiger partial charge is 0.444 e. The maximum atomic E-state index is 12.0. The maximum absolute atomic E-state index is 12.0. The lowest BCUT2D eigenvalue weighted by molar-refractivity contribution is -0.124. The molecule has 7 nitrogen and oxygen atoms in total. The molecule has 1 aliphatic heterocycles. The molecular formula is C12H22N2O5. The molecule has 2 amide bonds. The van der Waals surface area contributed by atoms with Crippen molar-refractivity contribution in [3.8, 4) is 0 Å². The van der Waals surface area contributed by atoms with Crippen LogP contribution in [0, 0.1) is 0 Å². The number of nitrogens with one attached hydrogen (secondary N) is 1.